The van der Waals surface area contributed by atoms with Crippen molar-refractivity contribution in [2.75, 3.05) is 7.11 Å². The fraction of sp³-hybridized carbons (Fsp3) is 0.500. The van der Waals surface area contributed by atoms with E-state index >= 15 is 0 Å². The van der Waals surface area contributed by atoms with Crippen molar-refractivity contribution in [1.82, 2.24) is 0 Å². The summed E-state index contributed by atoms with van der Waals surface area (Å²) in [5.41, 5.74) is 12.2. The Balaban J connectivity index is 2.85. The molecule has 0 fully saturated rings. The molecule has 0 aliphatic rings. The van der Waals surface area contributed by atoms with Gasteiger partial charge < -0.3 is 16.2 Å². The quantitative estimate of drug-likeness (QED) is 0.825. The minimum atomic E-state index is -0.398. The number of rotatable bonds is 4. The number of halogens is 1. The van der Waals surface area contributed by atoms with Gasteiger partial charge in [-0.15, -0.1) is 0 Å². The summed E-state index contributed by atoms with van der Waals surface area (Å²) in [5.74, 6) is -0.173. The SMILES string of the molecule is COc1ccc(C(N)CC(C)(C)N)cc1F. The van der Waals surface area contributed by atoms with Crippen molar-refractivity contribution in [1.29, 1.82) is 0 Å². The van der Waals surface area contributed by atoms with Crippen LogP contribution in [0.5, 0.6) is 5.75 Å². The summed E-state index contributed by atoms with van der Waals surface area (Å²) < 4.78 is 18.3. The van der Waals surface area contributed by atoms with Gasteiger partial charge in [0.05, 0.1) is 7.11 Å². The van der Waals surface area contributed by atoms with E-state index in [9.17, 15) is 4.39 Å². The third-order valence-electron chi connectivity index (χ3n) is 2.35. The summed E-state index contributed by atoms with van der Waals surface area (Å²) in [6.07, 6.45) is 0.596. The van der Waals surface area contributed by atoms with E-state index < -0.39 is 5.82 Å². The molecule has 0 aliphatic carbocycles. The van der Waals surface area contributed by atoms with Gasteiger partial charge in [0.2, 0.25) is 0 Å². The monoisotopic (exact) mass is 226 g/mol. The van der Waals surface area contributed by atoms with Gasteiger partial charge in [0.1, 0.15) is 0 Å². The molecule has 0 spiro atoms. The van der Waals surface area contributed by atoms with Crippen molar-refractivity contribution in [3.8, 4) is 5.75 Å². The molecule has 0 amide bonds. The van der Waals surface area contributed by atoms with Crippen LogP contribution in [0.3, 0.4) is 0 Å². The molecule has 1 rings (SSSR count). The van der Waals surface area contributed by atoms with E-state index in [1.165, 1.54) is 13.2 Å². The van der Waals surface area contributed by atoms with Gasteiger partial charge >= 0.3 is 0 Å². The van der Waals surface area contributed by atoms with Crippen LogP contribution in [-0.4, -0.2) is 12.6 Å². The van der Waals surface area contributed by atoms with Crippen LogP contribution in [0.2, 0.25) is 0 Å². The van der Waals surface area contributed by atoms with Gasteiger partial charge in [-0.25, -0.2) is 4.39 Å². The highest BCUT2D eigenvalue weighted by atomic mass is 19.1. The van der Waals surface area contributed by atoms with Crippen molar-refractivity contribution in [2.24, 2.45) is 11.5 Å². The molecule has 0 radical (unpaired) electrons. The van der Waals surface area contributed by atoms with E-state index in [1.54, 1.807) is 12.1 Å². The van der Waals surface area contributed by atoms with Gasteiger partial charge in [-0.3, -0.25) is 0 Å². The first-order valence-electron chi connectivity index (χ1n) is 5.21. The lowest BCUT2D eigenvalue weighted by atomic mass is 9.92. The Hall–Kier alpha value is -1.13. The fourth-order valence-corrected chi connectivity index (χ4v) is 1.60. The van der Waals surface area contributed by atoms with E-state index in [0.717, 1.165) is 5.56 Å². The van der Waals surface area contributed by atoms with Crippen LogP contribution in [0.15, 0.2) is 18.2 Å². The van der Waals surface area contributed by atoms with Crippen LogP contribution in [0, 0.1) is 5.82 Å². The Morgan fingerprint density at radius 1 is 1.44 bits per heavy atom. The fourth-order valence-electron chi connectivity index (χ4n) is 1.60. The molecule has 3 nitrogen and oxygen atoms in total. The van der Waals surface area contributed by atoms with Gasteiger partial charge in [0, 0.05) is 11.6 Å². The zero-order valence-corrected chi connectivity index (χ0v) is 9.96. The van der Waals surface area contributed by atoms with Gasteiger partial charge in [0.15, 0.2) is 11.6 Å². The smallest absolute Gasteiger partial charge is 0.165 e. The summed E-state index contributed by atoms with van der Waals surface area (Å²) >= 11 is 0. The molecule has 4 N–H and O–H groups in total. The normalized spacial score (nSPS) is 13.6. The van der Waals surface area contributed by atoms with E-state index in [-0.39, 0.29) is 17.3 Å². The zero-order valence-electron chi connectivity index (χ0n) is 9.96. The molecule has 4 heteroatoms. The first-order chi connectivity index (χ1) is 7.33. The van der Waals surface area contributed by atoms with Crippen molar-refractivity contribution < 1.29 is 9.13 Å². The maximum absolute atomic E-state index is 13.4. The standard InChI is InChI=1S/C12H19FN2O/c1-12(2,15)7-10(14)8-4-5-11(16-3)9(13)6-8/h4-6,10H,7,14-15H2,1-3H3. The summed E-state index contributed by atoms with van der Waals surface area (Å²) in [4.78, 5) is 0. The number of ether oxygens (including phenoxy) is 1. The van der Waals surface area contributed by atoms with Gasteiger partial charge in [-0.05, 0) is 38.0 Å². The number of nitrogens with two attached hydrogens (primary N) is 2. The van der Waals surface area contributed by atoms with Crippen molar-refractivity contribution in [3.05, 3.63) is 29.6 Å². The average Bonchev–Trinajstić information content (AvgIpc) is 2.15. The minimum Gasteiger partial charge on any atom is -0.494 e. The lowest BCUT2D eigenvalue weighted by Crippen LogP contribution is -2.35. The lowest BCUT2D eigenvalue weighted by Gasteiger charge is -2.23. The van der Waals surface area contributed by atoms with Gasteiger partial charge in [0.25, 0.3) is 0 Å². The number of benzene rings is 1. The highest BCUT2D eigenvalue weighted by molar-refractivity contribution is 5.31. The van der Waals surface area contributed by atoms with Crippen LogP contribution >= 0.6 is 0 Å². The second kappa shape index (κ2) is 4.80. The molecule has 90 valence electrons. The van der Waals surface area contributed by atoms with Crippen LogP contribution < -0.4 is 16.2 Å². The predicted molar refractivity (Wildman–Crippen MR) is 62.8 cm³/mol. The Labute approximate surface area is 95.6 Å². The third-order valence-corrected chi connectivity index (χ3v) is 2.35. The molecule has 0 heterocycles. The molecule has 0 aromatic heterocycles. The summed E-state index contributed by atoms with van der Waals surface area (Å²) in [5, 5.41) is 0. The zero-order chi connectivity index (χ0) is 12.3. The summed E-state index contributed by atoms with van der Waals surface area (Å²) in [6, 6.07) is 4.47. The number of hydrogen-bond acceptors (Lipinski definition) is 3. The molecule has 1 atom stereocenters. The Bertz CT molecular complexity index is 361. The third kappa shape index (κ3) is 3.47. The van der Waals surface area contributed by atoms with Crippen molar-refractivity contribution in [3.63, 3.8) is 0 Å². The van der Waals surface area contributed by atoms with Crippen LogP contribution in [-0.2, 0) is 0 Å². The summed E-state index contributed by atoms with van der Waals surface area (Å²) in [6.45, 7) is 3.79. The predicted octanol–water partition coefficient (Wildman–Crippen LogP) is 1.96. The van der Waals surface area contributed by atoms with Gasteiger partial charge in [-0.1, -0.05) is 6.07 Å². The van der Waals surface area contributed by atoms with Crippen molar-refractivity contribution >= 4 is 0 Å². The first kappa shape index (κ1) is 12.9. The minimum absolute atomic E-state index is 0.225. The summed E-state index contributed by atoms with van der Waals surface area (Å²) in [7, 11) is 1.43. The molecule has 1 aromatic rings. The molecule has 0 bridgehead atoms. The molecular weight excluding hydrogens is 207 g/mol. The molecular formula is C12H19FN2O. The van der Waals surface area contributed by atoms with Crippen LogP contribution in [0.1, 0.15) is 31.9 Å². The highest BCUT2D eigenvalue weighted by Gasteiger charge is 2.18. The number of hydrogen-bond donors (Lipinski definition) is 2. The van der Waals surface area contributed by atoms with E-state index in [1.807, 2.05) is 13.8 Å². The van der Waals surface area contributed by atoms with Crippen LogP contribution in [0.25, 0.3) is 0 Å². The topological polar surface area (TPSA) is 61.3 Å². The molecule has 0 aliphatic heterocycles. The molecule has 1 aromatic carbocycles. The highest BCUT2D eigenvalue weighted by Crippen LogP contribution is 2.24. The Morgan fingerprint density at radius 2 is 2.06 bits per heavy atom. The lowest BCUT2D eigenvalue weighted by molar-refractivity contribution is 0.384. The molecule has 0 saturated carbocycles. The van der Waals surface area contributed by atoms with E-state index in [2.05, 4.69) is 0 Å². The molecule has 1 unspecified atom stereocenters. The van der Waals surface area contributed by atoms with Crippen LogP contribution in [0.4, 0.5) is 4.39 Å². The van der Waals surface area contributed by atoms with Gasteiger partial charge in [-0.2, -0.15) is 0 Å². The Morgan fingerprint density at radius 3 is 2.50 bits per heavy atom. The molecule has 0 saturated heterocycles. The maximum atomic E-state index is 13.4. The van der Waals surface area contributed by atoms with E-state index in [0.29, 0.717) is 6.42 Å². The second-order valence-electron chi connectivity index (χ2n) is 4.69. The largest absolute Gasteiger partial charge is 0.494 e. The maximum Gasteiger partial charge on any atom is 0.165 e. The second-order valence-corrected chi connectivity index (χ2v) is 4.69. The molecule has 16 heavy (non-hydrogen) atoms. The average molecular weight is 226 g/mol. The first-order valence-corrected chi connectivity index (χ1v) is 5.21. The van der Waals surface area contributed by atoms with Crippen molar-refractivity contribution in [2.45, 2.75) is 31.8 Å². The number of methoxy groups -OCH3 is 1. The Kier molecular flexibility index (Phi) is 3.88. The van der Waals surface area contributed by atoms with E-state index in [4.69, 9.17) is 16.2 Å².